The SMILES string of the molecule is Cc1ccc(C=C(CN)B2OC(C)(C)C(C)(C)O2)c(Br)c1. The molecule has 1 aliphatic heterocycles. The Balaban J connectivity index is 2.31. The van der Waals surface area contributed by atoms with Crippen LogP contribution in [-0.4, -0.2) is 24.9 Å². The molecule has 1 fully saturated rings. The van der Waals surface area contributed by atoms with Gasteiger partial charge in [0.1, 0.15) is 0 Å². The molecule has 1 heterocycles. The molecule has 3 nitrogen and oxygen atoms in total. The van der Waals surface area contributed by atoms with Gasteiger partial charge in [-0.25, -0.2) is 0 Å². The molecule has 2 rings (SSSR count). The topological polar surface area (TPSA) is 44.5 Å². The fourth-order valence-electron chi connectivity index (χ4n) is 2.17. The van der Waals surface area contributed by atoms with Gasteiger partial charge in [0.05, 0.1) is 11.2 Å². The molecule has 0 aromatic heterocycles. The quantitative estimate of drug-likeness (QED) is 0.844. The zero-order valence-corrected chi connectivity index (χ0v) is 15.0. The number of aryl methyl sites for hydroxylation is 1. The smallest absolute Gasteiger partial charge is 0.400 e. The van der Waals surface area contributed by atoms with Crippen molar-refractivity contribution in [2.24, 2.45) is 5.73 Å². The molecule has 0 amide bonds. The van der Waals surface area contributed by atoms with Crippen LogP contribution in [0, 0.1) is 6.92 Å². The first-order valence-electron chi connectivity index (χ1n) is 7.18. The molecule has 0 unspecified atom stereocenters. The van der Waals surface area contributed by atoms with Gasteiger partial charge >= 0.3 is 7.12 Å². The first-order valence-corrected chi connectivity index (χ1v) is 7.98. The maximum atomic E-state index is 6.07. The second-order valence-corrected chi connectivity index (χ2v) is 7.39. The molecule has 1 aliphatic rings. The molecule has 0 spiro atoms. The van der Waals surface area contributed by atoms with Gasteiger partial charge in [-0.05, 0) is 57.3 Å². The van der Waals surface area contributed by atoms with Gasteiger partial charge in [-0.2, -0.15) is 0 Å². The predicted molar refractivity (Wildman–Crippen MR) is 92.0 cm³/mol. The highest BCUT2D eigenvalue weighted by atomic mass is 79.9. The lowest BCUT2D eigenvalue weighted by atomic mass is 9.77. The maximum Gasteiger partial charge on any atom is 0.491 e. The van der Waals surface area contributed by atoms with Crippen molar-refractivity contribution in [1.29, 1.82) is 0 Å². The van der Waals surface area contributed by atoms with Crippen LogP contribution in [0.1, 0.15) is 38.8 Å². The summed E-state index contributed by atoms with van der Waals surface area (Å²) < 4.78 is 13.2. The normalized spacial score (nSPS) is 20.9. The van der Waals surface area contributed by atoms with Crippen molar-refractivity contribution < 1.29 is 9.31 Å². The first-order chi connectivity index (χ1) is 9.66. The Morgan fingerprint density at radius 2 is 1.81 bits per heavy atom. The molecular formula is C16H23BBrNO2. The average Bonchev–Trinajstić information content (AvgIpc) is 2.57. The van der Waals surface area contributed by atoms with E-state index in [1.54, 1.807) is 0 Å². The van der Waals surface area contributed by atoms with Crippen LogP contribution in [0.2, 0.25) is 0 Å². The third kappa shape index (κ3) is 3.42. The maximum absolute atomic E-state index is 6.07. The van der Waals surface area contributed by atoms with Crippen LogP contribution >= 0.6 is 15.9 Å². The third-order valence-corrected chi connectivity index (χ3v) is 4.98. The van der Waals surface area contributed by atoms with Crippen LogP contribution in [0.25, 0.3) is 6.08 Å². The summed E-state index contributed by atoms with van der Waals surface area (Å²) in [6.07, 6.45) is 2.05. The van der Waals surface area contributed by atoms with Crippen LogP contribution < -0.4 is 5.73 Å². The van der Waals surface area contributed by atoms with E-state index in [-0.39, 0.29) is 11.2 Å². The van der Waals surface area contributed by atoms with Gasteiger partial charge in [0.25, 0.3) is 0 Å². The van der Waals surface area contributed by atoms with E-state index < -0.39 is 7.12 Å². The minimum atomic E-state index is -0.395. The molecule has 2 N–H and O–H groups in total. The summed E-state index contributed by atoms with van der Waals surface area (Å²) in [5.74, 6) is 0. The van der Waals surface area contributed by atoms with Gasteiger partial charge in [0.15, 0.2) is 0 Å². The molecule has 0 radical (unpaired) electrons. The van der Waals surface area contributed by atoms with E-state index in [1.165, 1.54) is 5.56 Å². The lowest BCUT2D eigenvalue weighted by molar-refractivity contribution is 0.00578. The lowest BCUT2D eigenvalue weighted by Crippen LogP contribution is -2.41. The van der Waals surface area contributed by atoms with Crippen molar-refractivity contribution >= 4 is 29.1 Å². The predicted octanol–water partition coefficient (Wildman–Crippen LogP) is 3.73. The molecule has 0 saturated carbocycles. The van der Waals surface area contributed by atoms with Crippen molar-refractivity contribution in [3.8, 4) is 0 Å². The Bertz CT molecular complexity index is 553. The average molecular weight is 352 g/mol. The Labute approximate surface area is 136 Å². The van der Waals surface area contributed by atoms with Crippen molar-refractivity contribution in [2.75, 3.05) is 6.54 Å². The van der Waals surface area contributed by atoms with E-state index in [1.807, 2.05) is 33.8 Å². The van der Waals surface area contributed by atoms with E-state index in [0.717, 1.165) is 15.5 Å². The van der Waals surface area contributed by atoms with Gasteiger partial charge in [-0.3, -0.25) is 0 Å². The third-order valence-electron chi connectivity index (χ3n) is 4.29. The number of nitrogens with two attached hydrogens (primary N) is 1. The molecule has 1 saturated heterocycles. The molecule has 0 bridgehead atoms. The van der Waals surface area contributed by atoms with E-state index in [9.17, 15) is 0 Å². The number of halogens is 1. The van der Waals surface area contributed by atoms with Crippen molar-refractivity contribution in [3.63, 3.8) is 0 Å². The molecular weight excluding hydrogens is 329 g/mol. The van der Waals surface area contributed by atoms with Gasteiger partial charge in [0, 0.05) is 11.0 Å². The summed E-state index contributed by atoms with van der Waals surface area (Å²) >= 11 is 3.59. The Morgan fingerprint density at radius 1 is 1.24 bits per heavy atom. The Kier molecular flexibility index (Phi) is 4.69. The molecule has 0 atom stereocenters. The largest absolute Gasteiger partial charge is 0.491 e. The summed E-state index contributed by atoms with van der Waals surface area (Å²) in [4.78, 5) is 0. The minimum absolute atomic E-state index is 0.351. The van der Waals surface area contributed by atoms with E-state index in [2.05, 4.69) is 41.1 Å². The standard InChI is InChI=1S/C16H23BBrNO2/c1-11-6-7-12(14(18)8-11)9-13(10-19)17-20-15(2,3)16(4,5)21-17/h6-9H,10,19H2,1-5H3. The molecule has 114 valence electrons. The summed E-state index contributed by atoms with van der Waals surface area (Å²) in [6, 6.07) is 6.24. The van der Waals surface area contributed by atoms with Crippen LogP contribution in [0.15, 0.2) is 28.1 Å². The molecule has 5 heteroatoms. The van der Waals surface area contributed by atoms with Crippen molar-refractivity contribution in [1.82, 2.24) is 0 Å². The molecule has 1 aromatic carbocycles. The van der Waals surface area contributed by atoms with Gasteiger partial charge < -0.3 is 15.0 Å². The highest BCUT2D eigenvalue weighted by Crippen LogP contribution is 2.38. The van der Waals surface area contributed by atoms with E-state index in [4.69, 9.17) is 15.0 Å². The summed E-state index contributed by atoms with van der Waals surface area (Å²) in [7, 11) is -0.395. The van der Waals surface area contributed by atoms with Crippen molar-refractivity contribution in [3.05, 3.63) is 39.3 Å². The summed E-state index contributed by atoms with van der Waals surface area (Å²) in [5, 5.41) is 0. The number of rotatable bonds is 3. The fourth-order valence-corrected chi connectivity index (χ4v) is 2.77. The molecule has 21 heavy (non-hydrogen) atoms. The van der Waals surface area contributed by atoms with Crippen LogP contribution in [0.5, 0.6) is 0 Å². The van der Waals surface area contributed by atoms with Crippen LogP contribution in [-0.2, 0) is 9.31 Å². The van der Waals surface area contributed by atoms with Crippen molar-refractivity contribution in [2.45, 2.75) is 45.8 Å². The Morgan fingerprint density at radius 3 is 2.29 bits per heavy atom. The zero-order valence-electron chi connectivity index (χ0n) is 13.4. The van der Waals surface area contributed by atoms with E-state index in [0.29, 0.717) is 6.54 Å². The summed E-state index contributed by atoms with van der Waals surface area (Å²) in [6.45, 7) is 10.6. The minimum Gasteiger partial charge on any atom is -0.400 e. The highest BCUT2D eigenvalue weighted by Gasteiger charge is 2.52. The van der Waals surface area contributed by atoms with Gasteiger partial charge in [-0.1, -0.05) is 34.1 Å². The highest BCUT2D eigenvalue weighted by molar-refractivity contribution is 9.10. The number of benzene rings is 1. The lowest BCUT2D eigenvalue weighted by Gasteiger charge is -2.32. The second-order valence-electron chi connectivity index (χ2n) is 6.54. The first kappa shape index (κ1) is 16.8. The van der Waals surface area contributed by atoms with Crippen LogP contribution in [0.4, 0.5) is 0 Å². The zero-order chi connectivity index (χ0) is 15.8. The van der Waals surface area contributed by atoms with E-state index >= 15 is 0 Å². The molecule has 0 aliphatic carbocycles. The van der Waals surface area contributed by atoms with Gasteiger partial charge in [0.2, 0.25) is 0 Å². The van der Waals surface area contributed by atoms with Crippen LogP contribution in [0.3, 0.4) is 0 Å². The van der Waals surface area contributed by atoms with Gasteiger partial charge in [-0.15, -0.1) is 0 Å². The molecule has 1 aromatic rings. The fraction of sp³-hybridized carbons (Fsp3) is 0.500. The monoisotopic (exact) mass is 351 g/mol. The Hall–Kier alpha value is -0.615. The summed E-state index contributed by atoms with van der Waals surface area (Å²) in [5.41, 5.74) is 8.45. The second kappa shape index (κ2) is 5.88. The number of hydrogen-bond donors (Lipinski definition) is 1. The number of hydrogen-bond acceptors (Lipinski definition) is 3.